The lowest BCUT2D eigenvalue weighted by molar-refractivity contribution is 0.372. The zero-order valence-electron chi connectivity index (χ0n) is 9.92. The maximum atomic E-state index is 13.5. The van der Waals surface area contributed by atoms with Crippen molar-refractivity contribution in [3.63, 3.8) is 0 Å². The number of halogens is 1. The van der Waals surface area contributed by atoms with Crippen molar-refractivity contribution in [3.8, 4) is 0 Å². The molecule has 0 saturated carbocycles. The number of nitrogen functional groups attached to an aromatic ring is 1. The van der Waals surface area contributed by atoms with Crippen LogP contribution in [0.4, 0.5) is 10.1 Å². The predicted octanol–water partition coefficient (Wildman–Crippen LogP) is 0.578. The Bertz CT molecular complexity index is 699. The summed E-state index contributed by atoms with van der Waals surface area (Å²) in [6.07, 6.45) is 0. The number of aromatic nitrogens is 2. The van der Waals surface area contributed by atoms with Gasteiger partial charge in [-0.2, -0.15) is 4.98 Å². The summed E-state index contributed by atoms with van der Waals surface area (Å²) in [5.74, 6) is -0.445. The number of rotatable bonds is 4. The molecule has 0 aliphatic carbocycles. The molecule has 0 atom stereocenters. The van der Waals surface area contributed by atoms with Crippen molar-refractivity contribution < 1.29 is 17.3 Å². The van der Waals surface area contributed by atoms with E-state index in [1.54, 1.807) is 6.92 Å². The molecule has 0 aliphatic heterocycles. The Morgan fingerprint density at radius 2 is 2.21 bits per heavy atom. The second-order valence-electron chi connectivity index (χ2n) is 3.75. The van der Waals surface area contributed by atoms with Gasteiger partial charge in [-0.3, -0.25) is 0 Å². The molecule has 0 amide bonds. The minimum atomic E-state index is -4.00. The lowest BCUT2D eigenvalue weighted by Crippen LogP contribution is -2.24. The van der Waals surface area contributed by atoms with Gasteiger partial charge in [0.1, 0.15) is 10.7 Å². The number of nitrogens with two attached hydrogens (primary N) is 1. The molecule has 7 nitrogen and oxygen atoms in total. The molecule has 0 radical (unpaired) electrons. The second kappa shape index (κ2) is 4.94. The van der Waals surface area contributed by atoms with Crippen LogP contribution in [0, 0.1) is 12.7 Å². The van der Waals surface area contributed by atoms with Gasteiger partial charge in [0.25, 0.3) is 0 Å². The first-order chi connectivity index (χ1) is 8.88. The Hall–Kier alpha value is -2.00. The molecule has 2 rings (SSSR count). The maximum absolute atomic E-state index is 13.5. The Labute approximate surface area is 108 Å². The third kappa shape index (κ3) is 3.06. The van der Waals surface area contributed by atoms with Gasteiger partial charge in [0, 0.05) is 5.69 Å². The number of benzene rings is 1. The molecule has 9 heteroatoms. The van der Waals surface area contributed by atoms with Crippen molar-refractivity contribution in [2.24, 2.45) is 0 Å². The first-order valence-corrected chi connectivity index (χ1v) is 6.71. The quantitative estimate of drug-likeness (QED) is 0.795. The second-order valence-corrected chi connectivity index (χ2v) is 5.49. The molecule has 0 spiro atoms. The van der Waals surface area contributed by atoms with Gasteiger partial charge in [0.2, 0.25) is 15.9 Å². The number of hydrogen-bond donors (Lipinski definition) is 2. The molecule has 1 heterocycles. The average Bonchev–Trinajstić information content (AvgIpc) is 2.72. The molecule has 0 bridgehead atoms. The highest BCUT2D eigenvalue weighted by Gasteiger charge is 2.19. The fraction of sp³-hybridized carbons (Fsp3) is 0.200. The first kappa shape index (κ1) is 13.4. The van der Waals surface area contributed by atoms with Crippen LogP contribution in [0.2, 0.25) is 0 Å². The summed E-state index contributed by atoms with van der Waals surface area (Å²) in [6.45, 7) is 1.38. The molecule has 0 unspecified atom stereocenters. The Balaban J connectivity index is 2.18. The van der Waals surface area contributed by atoms with E-state index in [2.05, 4.69) is 14.9 Å². The van der Waals surface area contributed by atoms with Gasteiger partial charge in [-0.25, -0.2) is 17.5 Å². The highest BCUT2D eigenvalue weighted by atomic mass is 32.2. The van der Waals surface area contributed by atoms with Crippen LogP contribution in [0.1, 0.15) is 11.7 Å². The van der Waals surface area contributed by atoms with Crippen LogP contribution < -0.4 is 10.5 Å². The van der Waals surface area contributed by atoms with Crippen LogP contribution in [0.3, 0.4) is 0 Å². The average molecular weight is 286 g/mol. The maximum Gasteiger partial charge on any atom is 0.243 e. The fourth-order valence-electron chi connectivity index (χ4n) is 1.38. The molecule has 1 aromatic carbocycles. The highest BCUT2D eigenvalue weighted by molar-refractivity contribution is 7.89. The van der Waals surface area contributed by atoms with Crippen molar-refractivity contribution >= 4 is 15.7 Å². The number of nitrogens with one attached hydrogen (secondary N) is 1. The minimum Gasteiger partial charge on any atom is -0.399 e. The zero-order valence-corrected chi connectivity index (χ0v) is 10.7. The molecule has 19 heavy (non-hydrogen) atoms. The van der Waals surface area contributed by atoms with Crippen molar-refractivity contribution in [3.05, 3.63) is 35.7 Å². The lowest BCUT2D eigenvalue weighted by Gasteiger charge is -2.06. The third-order valence-corrected chi connectivity index (χ3v) is 3.66. The molecule has 2 aromatic rings. The van der Waals surface area contributed by atoms with E-state index in [4.69, 9.17) is 10.3 Å². The standard InChI is InChI=1S/C10H11FN4O3S/c1-6-14-10(18-15-6)5-13-19(16,17)9-3-2-7(12)4-8(9)11/h2-4,13H,5,12H2,1H3. The third-order valence-electron chi connectivity index (χ3n) is 2.23. The first-order valence-electron chi connectivity index (χ1n) is 5.22. The van der Waals surface area contributed by atoms with Crippen molar-refractivity contribution in [2.75, 3.05) is 5.73 Å². The molecule has 1 aromatic heterocycles. The van der Waals surface area contributed by atoms with Gasteiger partial charge in [-0.1, -0.05) is 5.16 Å². The number of anilines is 1. The number of sulfonamides is 1. The van der Waals surface area contributed by atoms with E-state index in [0.29, 0.717) is 5.82 Å². The molecular weight excluding hydrogens is 275 g/mol. The van der Waals surface area contributed by atoms with E-state index in [9.17, 15) is 12.8 Å². The van der Waals surface area contributed by atoms with E-state index in [-0.39, 0.29) is 18.1 Å². The normalized spacial score (nSPS) is 11.7. The SMILES string of the molecule is Cc1noc(CNS(=O)(=O)c2ccc(N)cc2F)n1. The monoisotopic (exact) mass is 286 g/mol. The smallest absolute Gasteiger partial charge is 0.243 e. The molecule has 0 aliphatic rings. The van der Waals surface area contributed by atoms with E-state index in [1.807, 2.05) is 0 Å². The fourth-order valence-corrected chi connectivity index (χ4v) is 2.41. The molecule has 3 N–H and O–H groups in total. The number of nitrogens with zero attached hydrogens (tertiary/aromatic N) is 2. The molecular formula is C10H11FN4O3S. The Morgan fingerprint density at radius 3 is 2.79 bits per heavy atom. The topological polar surface area (TPSA) is 111 Å². The van der Waals surface area contributed by atoms with E-state index in [1.165, 1.54) is 6.07 Å². The summed E-state index contributed by atoms with van der Waals surface area (Å²) in [4.78, 5) is 3.34. The van der Waals surface area contributed by atoms with Gasteiger partial charge in [-0.05, 0) is 25.1 Å². The van der Waals surface area contributed by atoms with Crippen LogP contribution >= 0.6 is 0 Å². The van der Waals surface area contributed by atoms with Gasteiger partial charge >= 0.3 is 0 Å². The van der Waals surface area contributed by atoms with Crippen molar-refractivity contribution in [1.82, 2.24) is 14.9 Å². The van der Waals surface area contributed by atoms with E-state index < -0.39 is 20.7 Å². The molecule has 102 valence electrons. The summed E-state index contributed by atoms with van der Waals surface area (Å²) in [5, 5.41) is 3.51. The van der Waals surface area contributed by atoms with Crippen LogP contribution in [0.25, 0.3) is 0 Å². The van der Waals surface area contributed by atoms with Crippen LogP contribution in [0.15, 0.2) is 27.6 Å². The summed E-state index contributed by atoms with van der Waals surface area (Å²) >= 11 is 0. The van der Waals surface area contributed by atoms with Gasteiger partial charge in [-0.15, -0.1) is 0 Å². The van der Waals surface area contributed by atoms with Crippen LogP contribution in [0.5, 0.6) is 0 Å². The van der Waals surface area contributed by atoms with E-state index in [0.717, 1.165) is 12.1 Å². The summed E-state index contributed by atoms with van der Waals surface area (Å²) < 4.78 is 44.2. The minimum absolute atomic E-state index is 0.0944. The highest BCUT2D eigenvalue weighted by Crippen LogP contribution is 2.17. The summed E-state index contributed by atoms with van der Waals surface area (Å²) in [6, 6.07) is 3.33. The lowest BCUT2D eigenvalue weighted by atomic mass is 10.3. The molecule has 0 saturated heterocycles. The van der Waals surface area contributed by atoms with Gasteiger partial charge in [0.05, 0.1) is 6.54 Å². The summed E-state index contributed by atoms with van der Waals surface area (Å²) in [5.41, 5.74) is 5.49. The van der Waals surface area contributed by atoms with Crippen LogP contribution in [-0.2, 0) is 16.6 Å². The van der Waals surface area contributed by atoms with Crippen molar-refractivity contribution in [1.29, 1.82) is 0 Å². The van der Waals surface area contributed by atoms with Crippen molar-refractivity contribution in [2.45, 2.75) is 18.4 Å². The van der Waals surface area contributed by atoms with Gasteiger partial charge < -0.3 is 10.3 Å². The zero-order chi connectivity index (χ0) is 14.0. The van der Waals surface area contributed by atoms with Gasteiger partial charge in [0.15, 0.2) is 5.82 Å². The Kier molecular flexibility index (Phi) is 3.49. The Morgan fingerprint density at radius 1 is 1.47 bits per heavy atom. The number of aryl methyl sites for hydroxylation is 1. The van der Waals surface area contributed by atoms with E-state index >= 15 is 0 Å². The van der Waals surface area contributed by atoms with Crippen LogP contribution in [-0.4, -0.2) is 18.6 Å². The predicted molar refractivity (Wildman–Crippen MR) is 63.9 cm³/mol. The largest absolute Gasteiger partial charge is 0.399 e. The number of hydrogen-bond acceptors (Lipinski definition) is 6. The summed E-state index contributed by atoms with van der Waals surface area (Å²) in [7, 11) is -4.00. The molecule has 0 fully saturated rings.